The lowest BCUT2D eigenvalue weighted by Gasteiger charge is -2.27. The van der Waals surface area contributed by atoms with Gasteiger partial charge in [-0.15, -0.1) is 11.8 Å². The van der Waals surface area contributed by atoms with Crippen molar-refractivity contribution in [3.8, 4) is 0 Å². The average Bonchev–Trinajstić information content (AvgIpc) is 3.28. The van der Waals surface area contributed by atoms with Crippen LogP contribution in [0.25, 0.3) is 0 Å². The summed E-state index contributed by atoms with van der Waals surface area (Å²) in [7, 11) is 1.38. The number of nitro groups is 1. The van der Waals surface area contributed by atoms with Crippen LogP contribution in [0.15, 0.2) is 29.2 Å². The number of nitro benzene ring substituents is 1. The Hall–Kier alpha value is -1.60. The van der Waals surface area contributed by atoms with Crippen LogP contribution in [0, 0.1) is 10.1 Å². The predicted octanol–water partition coefficient (Wildman–Crippen LogP) is 2.37. The number of hydrogen-bond acceptors (Lipinski definition) is 6. The van der Waals surface area contributed by atoms with Gasteiger partial charge in [-0.2, -0.15) is 0 Å². The van der Waals surface area contributed by atoms with Gasteiger partial charge in [0.1, 0.15) is 5.54 Å². The minimum Gasteiger partial charge on any atom is -0.468 e. The second-order valence-electron chi connectivity index (χ2n) is 5.28. The van der Waals surface area contributed by atoms with Crippen molar-refractivity contribution in [3.05, 3.63) is 34.4 Å². The van der Waals surface area contributed by atoms with E-state index in [0.29, 0.717) is 11.8 Å². The first kappa shape index (κ1) is 15.8. The number of thioether (sulfide) groups is 1. The fourth-order valence-corrected chi connectivity index (χ4v) is 2.94. The molecule has 1 aromatic rings. The van der Waals surface area contributed by atoms with Gasteiger partial charge in [-0.3, -0.25) is 20.2 Å². The van der Waals surface area contributed by atoms with Gasteiger partial charge < -0.3 is 4.74 Å². The SMILES string of the molecule is COC(=O)C(C)(CSc1ccc([N+](=O)[O-])cc1)NC1CC1. The molecular weight excluding hydrogens is 292 g/mol. The molecule has 21 heavy (non-hydrogen) atoms. The van der Waals surface area contributed by atoms with Gasteiger partial charge >= 0.3 is 5.97 Å². The molecule has 1 saturated carbocycles. The number of esters is 1. The third-order valence-electron chi connectivity index (χ3n) is 3.31. The molecule has 0 spiro atoms. The van der Waals surface area contributed by atoms with Crippen LogP contribution in [0.2, 0.25) is 0 Å². The molecule has 6 nitrogen and oxygen atoms in total. The Labute approximate surface area is 127 Å². The van der Waals surface area contributed by atoms with E-state index in [1.54, 1.807) is 12.1 Å². The first-order chi connectivity index (χ1) is 9.94. The van der Waals surface area contributed by atoms with Crippen molar-refractivity contribution in [2.45, 2.75) is 36.2 Å². The Morgan fingerprint density at radius 3 is 2.57 bits per heavy atom. The lowest BCUT2D eigenvalue weighted by atomic mass is 10.1. The fourth-order valence-electron chi connectivity index (χ4n) is 1.95. The quantitative estimate of drug-likeness (QED) is 0.360. The summed E-state index contributed by atoms with van der Waals surface area (Å²) in [4.78, 5) is 23.0. The third-order valence-corrected chi connectivity index (χ3v) is 4.64. The van der Waals surface area contributed by atoms with Gasteiger partial charge in [-0.1, -0.05) is 0 Å². The molecule has 1 atom stereocenters. The number of rotatable bonds is 7. The number of nitrogens with zero attached hydrogens (tertiary/aromatic N) is 1. The minimum atomic E-state index is -0.748. The molecule has 1 unspecified atom stereocenters. The van der Waals surface area contributed by atoms with Crippen LogP contribution in [0.1, 0.15) is 19.8 Å². The van der Waals surface area contributed by atoms with E-state index >= 15 is 0 Å². The first-order valence-electron chi connectivity index (χ1n) is 6.68. The Morgan fingerprint density at radius 2 is 2.10 bits per heavy atom. The lowest BCUT2D eigenvalue weighted by molar-refractivity contribution is -0.384. The van der Waals surface area contributed by atoms with Crippen LogP contribution in [0.3, 0.4) is 0 Å². The van der Waals surface area contributed by atoms with Crippen molar-refractivity contribution in [2.75, 3.05) is 12.9 Å². The molecule has 0 heterocycles. The smallest absolute Gasteiger partial charge is 0.326 e. The predicted molar refractivity (Wildman–Crippen MR) is 80.4 cm³/mol. The number of non-ortho nitro benzene ring substituents is 1. The molecule has 7 heteroatoms. The summed E-state index contributed by atoms with van der Waals surface area (Å²) < 4.78 is 4.88. The van der Waals surface area contributed by atoms with Crippen molar-refractivity contribution in [3.63, 3.8) is 0 Å². The van der Waals surface area contributed by atoms with E-state index < -0.39 is 10.5 Å². The maximum Gasteiger partial charge on any atom is 0.326 e. The molecule has 1 aliphatic rings. The van der Waals surface area contributed by atoms with Crippen LogP contribution in [0.4, 0.5) is 5.69 Å². The minimum absolute atomic E-state index is 0.0613. The highest BCUT2D eigenvalue weighted by Gasteiger charge is 2.39. The molecule has 2 rings (SSSR count). The van der Waals surface area contributed by atoms with E-state index in [1.165, 1.54) is 31.0 Å². The molecule has 0 bridgehead atoms. The Balaban J connectivity index is 2.00. The van der Waals surface area contributed by atoms with E-state index in [0.717, 1.165) is 17.7 Å². The summed E-state index contributed by atoms with van der Waals surface area (Å²) in [5.74, 6) is 0.220. The number of benzene rings is 1. The second-order valence-corrected chi connectivity index (χ2v) is 6.33. The normalized spacial score (nSPS) is 17.0. The van der Waals surface area contributed by atoms with Crippen LogP contribution >= 0.6 is 11.8 Å². The molecule has 1 aromatic carbocycles. The highest BCUT2D eigenvalue weighted by molar-refractivity contribution is 7.99. The topological polar surface area (TPSA) is 81.5 Å². The molecular formula is C14H18N2O4S. The summed E-state index contributed by atoms with van der Waals surface area (Å²) in [6, 6.07) is 6.69. The van der Waals surface area contributed by atoms with Crippen molar-refractivity contribution < 1.29 is 14.5 Å². The van der Waals surface area contributed by atoms with Crippen molar-refractivity contribution in [1.29, 1.82) is 0 Å². The number of carbonyl (C=O) groups is 1. The van der Waals surface area contributed by atoms with Crippen molar-refractivity contribution >= 4 is 23.4 Å². The van der Waals surface area contributed by atoms with E-state index in [2.05, 4.69) is 5.32 Å². The Morgan fingerprint density at radius 1 is 1.48 bits per heavy atom. The third kappa shape index (κ3) is 4.18. The molecule has 114 valence electrons. The maximum atomic E-state index is 12.0. The van der Waals surface area contributed by atoms with E-state index in [9.17, 15) is 14.9 Å². The Bertz CT molecular complexity index is 530. The number of nitrogens with one attached hydrogen (secondary N) is 1. The van der Waals surface area contributed by atoms with Gasteiger partial charge in [0.25, 0.3) is 5.69 Å². The zero-order chi connectivity index (χ0) is 15.5. The molecule has 0 aliphatic heterocycles. The van der Waals surface area contributed by atoms with E-state index in [1.807, 2.05) is 6.92 Å². The largest absolute Gasteiger partial charge is 0.468 e. The molecule has 0 amide bonds. The lowest BCUT2D eigenvalue weighted by Crippen LogP contribution is -2.53. The van der Waals surface area contributed by atoms with Crippen molar-refractivity contribution in [1.82, 2.24) is 5.32 Å². The standard InChI is InChI=1S/C14H18N2O4S/c1-14(13(17)20-2,15-10-3-4-10)9-21-12-7-5-11(6-8-12)16(18)19/h5-8,10,15H,3-4,9H2,1-2H3. The van der Waals surface area contributed by atoms with Crippen LogP contribution < -0.4 is 5.32 Å². The average molecular weight is 310 g/mol. The van der Waals surface area contributed by atoms with Gasteiger partial charge in [0.2, 0.25) is 0 Å². The summed E-state index contributed by atoms with van der Waals surface area (Å²) in [6.07, 6.45) is 2.16. The van der Waals surface area contributed by atoms with E-state index in [4.69, 9.17) is 4.74 Å². The molecule has 1 N–H and O–H groups in total. The number of hydrogen-bond donors (Lipinski definition) is 1. The van der Waals surface area contributed by atoms with Crippen molar-refractivity contribution in [2.24, 2.45) is 0 Å². The van der Waals surface area contributed by atoms with Crippen LogP contribution in [-0.2, 0) is 9.53 Å². The highest BCUT2D eigenvalue weighted by atomic mass is 32.2. The van der Waals surface area contributed by atoms with Crippen LogP contribution in [-0.4, -0.2) is 35.3 Å². The number of ether oxygens (including phenoxy) is 1. The van der Waals surface area contributed by atoms with Gasteiger partial charge in [-0.05, 0) is 31.9 Å². The zero-order valence-corrected chi connectivity index (χ0v) is 12.8. The highest BCUT2D eigenvalue weighted by Crippen LogP contribution is 2.29. The summed E-state index contributed by atoms with van der Waals surface area (Å²) in [5, 5.41) is 13.9. The molecule has 1 fully saturated rings. The first-order valence-corrected chi connectivity index (χ1v) is 7.66. The molecule has 0 radical (unpaired) electrons. The van der Waals surface area contributed by atoms with Gasteiger partial charge in [-0.25, -0.2) is 0 Å². The fraction of sp³-hybridized carbons (Fsp3) is 0.500. The van der Waals surface area contributed by atoms with E-state index in [-0.39, 0.29) is 11.7 Å². The zero-order valence-electron chi connectivity index (χ0n) is 12.0. The maximum absolute atomic E-state index is 12.0. The summed E-state index contributed by atoms with van der Waals surface area (Å²) in [5.41, 5.74) is -0.686. The van der Waals surface area contributed by atoms with Gasteiger partial charge in [0, 0.05) is 28.8 Å². The van der Waals surface area contributed by atoms with Crippen LogP contribution in [0.5, 0.6) is 0 Å². The molecule has 0 saturated heterocycles. The number of methoxy groups -OCH3 is 1. The molecule has 0 aromatic heterocycles. The summed E-state index contributed by atoms with van der Waals surface area (Å²) >= 11 is 1.48. The second kappa shape index (κ2) is 6.44. The summed E-state index contributed by atoms with van der Waals surface area (Å²) in [6.45, 7) is 1.83. The monoisotopic (exact) mass is 310 g/mol. The Kier molecular flexibility index (Phi) is 4.84. The van der Waals surface area contributed by atoms with Gasteiger partial charge in [0.15, 0.2) is 0 Å². The van der Waals surface area contributed by atoms with Gasteiger partial charge in [0.05, 0.1) is 12.0 Å². The molecule has 1 aliphatic carbocycles. The number of carbonyl (C=O) groups excluding carboxylic acids is 1.